The van der Waals surface area contributed by atoms with Crippen molar-refractivity contribution in [2.45, 2.75) is 25.8 Å². The highest BCUT2D eigenvalue weighted by atomic mass is 28.3. The fraction of sp³-hybridized carbons (Fsp3) is 0.400. The zero-order valence-electron chi connectivity index (χ0n) is 6.85. The van der Waals surface area contributed by atoms with Crippen molar-refractivity contribution in [2.75, 3.05) is 0 Å². The number of hydrogen-bond acceptors (Lipinski definition) is 0. The molecule has 0 fully saturated rings. The maximum absolute atomic E-state index is 5.30. The summed E-state index contributed by atoms with van der Waals surface area (Å²) in [6, 6.07) is 0.868. The van der Waals surface area contributed by atoms with E-state index in [9.17, 15) is 0 Å². The lowest BCUT2D eigenvalue weighted by Crippen LogP contribution is -2.28. The first-order chi connectivity index (χ1) is 5.24. The first kappa shape index (κ1) is 9.90. The van der Waals surface area contributed by atoms with Crippen LogP contribution in [0.1, 0.15) is 19.8 Å². The Labute approximate surface area is 70.4 Å². The predicted octanol–water partition coefficient (Wildman–Crippen LogP) is 1.75. The lowest BCUT2D eigenvalue weighted by atomic mass is 10.4. The topological polar surface area (TPSA) is 0 Å². The molecule has 11 heavy (non-hydrogen) atoms. The van der Waals surface area contributed by atoms with Gasteiger partial charge in [0.2, 0.25) is 0 Å². The summed E-state index contributed by atoms with van der Waals surface area (Å²) in [5.41, 5.74) is 7.85. The van der Waals surface area contributed by atoms with Gasteiger partial charge in [0, 0.05) is 0 Å². The van der Waals surface area contributed by atoms with Gasteiger partial charge >= 0.3 is 0 Å². The molecule has 0 bridgehead atoms. The van der Waals surface area contributed by atoms with Gasteiger partial charge in [0.25, 0.3) is 8.07 Å². The maximum Gasteiger partial charge on any atom is 0.289 e. The molecule has 0 spiro atoms. The quantitative estimate of drug-likeness (QED) is 0.436. The average molecular weight is 160 g/mol. The van der Waals surface area contributed by atoms with Gasteiger partial charge in [0.05, 0.1) is 0 Å². The Balaban J connectivity index is 4.28. The Hall–Kier alpha value is -1.10. The molecule has 0 aromatic rings. The molecule has 0 rings (SSSR count). The molecule has 0 aliphatic carbocycles. The van der Waals surface area contributed by atoms with E-state index in [0.29, 0.717) is 0 Å². The fourth-order valence-corrected chi connectivity index (χ4v) is 2.35. The van der Waals surface area contributed by atoms with Crippen LogP contribution >= 0.6 is 0 Å². The minimum Gasteiger partial charge on any atom is -0.125 e. The average Bonchev–Trinajstić information content (AvgIpc) is 2.08. The van der Waals surface area contributed by atoms with Gasteiger partial charge in [-0.15, -0.1) is 35.9 Å². The Kier molecular flexibility index (Phi) is 4.20. The van der Waals surface area contributed by atoms with Gasteiger partial charge in [-0.05, 0) is 6.04 Å². The second kappa shape index (κ2) is 4.67. The third-order valence-corrected chi connectivity index (χ3v) is 4.23. The van der Waals surface area contributed by atoms with Crippen molar-refractivity contribution in [3.05, 3.63) is 0 Å². The summed E-state index contributed by atoms with van der Waals surface area (Å²) in [6.45, 7) is 2.10. The first-order valence-corrected chi connectivity index (χ1v) is 5.88. The van der Waals surface area contributed by atoms with Crippen LogP contribution in [-0.2, 0) is 0 Å². The maximum atomic E-state index is 5.30. The molecule has 1 heteroatoms. The zero-order chi connectivity index (χ0) is 8.74. The molecule has 0 aromatic heterocycles. The molecule has 0 N–H and O–H groups in total. The normalized spacial score (nSPS) is 9.27. The summed E-state index contributed by atoms with van der Waals surface area (Å²) in [6.07, 6.45) is 18.0. The molecular formula is C10H12Si. The lowest BCUT2D eigenvalue weighted by molar-refractivity contribution is 0.876. The second-order valence-electron chi connectivity index (χ2n) is 2.44. The van der Waals surface area contributed by atoms with Crippen molar-refractivity contribution >= 4 is 8.07 Å². The molecule has 0 amide bonds. The van der Waals surface area contributed by atoms with Crippen molar-refractivity contribution in [3.8, 4) is 35.9 Å². The summed E-state index contributed by atoms with van der Waals surface area (Å²) in [5.74, 6) is 0. The van der Waals surface area contributed by atoms with Crippen LogP contribution < -0.4 is 0 Å². The molecule has 0 unspecified atom stereocenters. The van der Waals surface area contributed by atoms with Crippen molar-refractivity contribution < 1.29 is 0 Å². The molecule has 0 saturated carbocycles. The molecule has 0 aromatic carbocycles. The van der Waals surface area contributed by atoms with E-state index < -0.39 is 8.07 Å². The van der Waals surface area contributed by atoms with E-state index >= 15 is 0 Å². The van der Waals surface area contributed by atoms with Crippen molar-refractivity contribution in [3.63, 3.8) is 0 Å². The van der Waals surface area contributed by atoms with Crippen LogP contribution in [0.3, 0.4) is 0 Å². The van der Waals surface area contributed by atoms with E-state index in [1.807, 2.05) is 0 Å². The van der Waals surface area contributed by atoms with Crippen LogP contribution in [-0.4, -0.2) is 8.07 Å². The molecule has 0 nitrogen and oxygen atoms in total. The standard InChI is InChI=1S/C10H12Si/c1-5-9-10-11(6-2,7-3)8-4/h2-4H,5,9-10H2,1H3. The Morgan fingerprint density at radius 1 is 1.09 bits per heavy atom. The van der Waals surface area contributed by atoms with E-state index in [4.69, 9.17) is 19.3 Å². The fourth-order valence-electron chi connectivity index (χ4n) is 0.783. The van der Waals surface area contributed by atoms with Gasteiger partial charge < -0.3 is 0 Å². The van der Waals surface area contributed by atoms with E-state index in [2.05, 4.69) is 23.6 Å². The molecule has 0 atom stereocenters. The number of hydrogen-bond donors (Lipinski definition) is 0. The minimum absolute atomic E-state index is 0.868. The highest BCUT2D eigenvalue weighted by Crippen LogP contribution is 2.10. The zero-order valence-corrected chi connectivity index (χ0v) is 7.85. The lowest BCUT2D eigenvalue weighted by Gasteiger charge is -2.09. The highest BCUT2D eigenvalue weighted by molar-refractivity contribution is 7.00. The SMILES string of the molecule is C#C[Si](C#C)(C#C)CCCC. The number of rotatable bonds is 3. The molecule has 56 valence electrons. The molecule has 0 heterocycles. The summed E-state index contributed by atoms with van der Waals surface area (Å²) >= 11 is 0. The Bertz CT molecular complexity index is 195. The van der Waals surface area contributed by atoms with E-state index in [0.717, 1.165) is 18.9 Å². The van der Waals surface area contributed by atoms with Gasteiger partial charge in [0.1, 0.15) is 0 Å². The molecule has 0 saturated heterocycles. The Morgan fingerprint density at radius 3 is 1.82 bits per heavy atom. The Morgan fingerprint density at radius 2 is 1.55 bits per heavy atom. The van der Waals surface area contributed by atoms with Crippen molar-refractivity contribution in [2.24, 2.45) is 0 Å². The van der Waals surface area contributed by atoms with Crippen LogP contribution in [0.4, 0.5) is 0 Å². The second-order valence-corrected chi connectivity index (χ2v) is 5.62. The van der Waals surface area contributed by atoms with Crippen LogP contribution in [0.25, 0.3) is 0 Å². The van der Waals surface area contributed by atoms with Crippen molar-refractivity contribution in [1.82, 2.24) is 0 Å². The van der Waals surface area contributed by atoms with Crippen LogP contribution in [0.2, 0.25) is 6.04 Å². The minimum atomic E-state index is -2.16. The van der Waals surface area contributed by atoms with Gasteiger partial charge in [-0.2, -0.15) is 0 Å². The smallest absolute Gasteiger partial charge is 0.125 e. The van der Waals surface area contributed by atoms with E-state index in [-0.39, 0.29) is 0 Å². The highest BCUT2D eigenvalue weighted by Gasteiger charge is 2.24. The summed E-state index contributed by atoms with van der Waals surface area (Å²) < 4.78 is 0. The molecular weight excluding hydrogens is 148 g/mol. The van der Waals surface area contributed by atoms with Gasteiger partial charge in [-0.25, -0.2) is 0 Å². The molecule has 0 aliphatic heterocycles. The van der Waals surface area contributed by atoms with E-state index in [1.165, 1.54) is 0 Å². The van der Waals surface area contributed by atoms with Gasteiger partial charge in [0.15, 0.2) is 0 Å². The molecule has 0 radical (unpaired) electrons. The largest absolute Gasteiger partial charge is 0.289 e. The molecule has 0 aliphatic rings. The van der Waals surface area contributed by atoms with Crippen LogP contribution in [0, 0.1) is 35.9 Å². The first-order valence-electron chi connectivity index (χ1n) is 3.68. The number of unbranched alkanes of at least 4 members (excludes halogenated alkanes) is 1. The van der Waals surface area contributed by atoms with E-state index in [1.54, 1.807) is 0 Å². The monoisotopic (exact) mass is 160 g/mol. The number of terminal acetylenes is 3. The summed E-state index contributed by atoms with van der Waals surface area (Å²) in [4.78, 5) is 0. The van der Waals surface area contributed by atoms with Gasteiger partial charge in [-0.1, -0.05) is 19.8 Å². The third kappa shape index (κ3) is 2.54. The predicted molar refractivity (Wildman–Crippen MR) is 52.0 cm³/mol. The van der Waals surface area contributed by atoms with Crippen LogP contribution in [0.5, 0.6) is 0 Å². The van der Waals surface area contributed by atoms with Crippen molar-refractivity contribution in [1.29, 1.82) is 0 Å². The van der Waals surface area contributed by atoms with Crippen LogP contribution in [0.15, 0.2) is 0 Å². The van der Waals surface area contributed by atoms with Gasteiger partial charge in [-0.3, -0.25) is 0 Å². The third-order valence-electron chi connectivity index (χ3n) is 1.64. The summed E-state index contributed by atoms with van der Waals surface area (Å²) in [5, 5.41) is 0. The summed E-state index contributed by atoms with van der Waals surface area (Å²) in [7, 11) is -2.16.